The number of rotatable bonds is 1. The summed E-state index contributed by atoms with van der Waals surface area (Å²) < 4.78 is 4.44. The van der Waals surface area contributed by atoms with Crippen LogP contribution in [0.2, 0.25) is 0 Å². The Labute approximate surface area is 64.8 Å². The lowest BCUT2D eigenvalue weighted by molar-refractivity contribution is -0.149. The minimum Gasteiger partial charge on any atom is -0.469 e. The number of hydrogen-bond donors (Lipinski definition) is 2. The minimum absolute atomic E-state index is 0.436. The lowest BCUT2D eigenvalue weighted by atomic mass is 10.1. The maximum Gasteiger partial charge on any atom is 0.311 e. The number of ether oxygens (including phenoxy) is 1. The monoisotopic (exact) mass is 160 g/mol. The molecule has 0 aliphatic heterocycles. The van der Waals surface area contributed by atoms with Crippen molar-refractivity contribution in [3.63, 3.8) is 0 Å². The van der Waals surface area contributed by atoms with Gasteiger partial charge >= 0.3 is 5.97 Å². The summed E-state index contributed by atoms with van der Waals surface area (Å²) in [5.74, 6) is -0.968. The van der Waals surface area contributed by atoms with E-state index in [-0.39, 0.29) is 0 Å². The molecule has 2 N–H and O–H groups in total. The van der Waals surface area contributed by atoms with E-state index in [2.05, 4.69) is 4.74 Å². The first-order valence-corrected chi connectivity index (χ1v) is 3.60. The molecule has 0 heterocycles. The number of carbonyl (C=O) groups is 1. The van der Waals surface area contributed by atoms with Gasteiger partial charge in [0.2, 0.25) is 0 Å². The average Bonchev–Trinajstić information content (AvgIpc) is 2.32. The number of esters is 1. The van der Waals surface area contributed by atoms with Crippen LogP contribution in [0, 0.1) is 5.92 Å². The van der Waals surface area contributed by atoms with Crippen LogP contribution in [0.15, 0.2) is 0 Å². The Bertz CT molecular complexity index is 157. The maximum atomic E-state index is 10.9. The summed E-state index contributed by atoms with van der Waals surface area (Å²) >= 11 is 0. The predicted molar refractivity (Wildman–Crippen MR) is 36.8 cm³/mol. The molecule has 0 aromatic carbocycles. The molecule has 0 unspecified atom stereocenters. The highest BCUT2D eigenvalue weighted by atomic mass is 16.5. The molecule has 0 radical (unpaired) electrons. The van der Waals surface area contributed by atoms with Gasteiger partial charge in [0, 0.05) is 0 Å². The van der Waals surface area contributed by atoms with Crippen molar-refractivity contribution in [2.45, 2.75) is 25.0 Å². The van der Waals surface area contributed by atoms with Gasteiger partial charge in [0.1, 0.15) is 0 Å². The Morgan fingerprint density at radius 3 is 2.45 bits per heavy atom. The second-order valence-electron chi connectivity index (χ2n) is 2.76. The molecule has 1 aliphatic rings. The van der Waals surface area contributed by atoms with E-state index >= 15 is 0 Å². The van der Waals surface area contributed by atoms with Gasteiger partial charge in [0.05, 0.1) is 25.2 Å². The summed E-state index contributed by atoms with van der Waals surface area (Å²) in [5, 5.41) is 18.3. The molecule has 64 valence electrons. The van der Waals surface area contributed by atoms with Crippen LogP contribution < -0.4 is 0 Å². The topological polar surface area (TPSA) is 66.8 Å². The number of carbonyl (C=O) groups excluding carboxylic acids is 1. The van der Waals surface area contributed by atoms with E-state index in [0.717, 1.165) is 0 Å². The number of aliphatic hydroxyl groups excluding tert-OH is 2. The molecule has 0 aromatic heterocycles. The summed E-state index contributed by atoms with van der Waals surface area (Å²) in [5.41, 5.74) is 0. The zero-order valence-electron chi connectivity index (χ0n) is 6.36. The zero-order chi connectivity index (χ0) is 8.43. The second-order valence-corrected chi connectivity index (χ2v) is 2.76. The zero-order valence-corrected chi connectivity index (χ0v) is 6.36. The Morgan fingerprint density at radius 1 is 1.45 bits per heavy atom. The largest absolute Gasteiger partial charge is 0.469 e. The summed E-state index contributed by atoms with van der Waals surface area (Å²) in [6, 6.07) is 0. The molecule has 4 heteroatoms. The van der Waals surface area contributed by atoms with Crippen molar-refractivity contribution in [3.05, 3.63) is 0 Å². The standard InChI is InChI=1S/C7H12O4/c1-11-7(10)4-2-3-5(8)6(4)9/h4-6,8-9H,2-3H2,1H3/t4-,5+,6-/m1/s1. The quantitative estimate of drug-likeness (QED) is 0.497. The first-order chi connectivity index (χ1) is 5.16. The number of methoxy groups -OCH3 is 1. The van der Waals surface area contributed by atoms with Gasteiger partial charge < -0.3 is 14.9 Å². The van der Waals surface area contributed by atoms with Crippen molar-refractivity contribution in [2.24, 2.45) is 5.92 Å². The highest BCUT2D eigenvalue weighted by Crippen LogP contribution is 2.26. The van der Waals surface area contributed by atoms with Gasteiger partial charge in [-0.3, -0.25) is 4.79 Å². The fourth-order valence-corrected chi connectivity index (χ4v) is 1.37. The van der Waals surface area contributed by atoms with Gasteiger partial charge in [-0.15, -0.1) is 0 Å². The fraction of sp³-hybridized carbons (Fsp3) is 0.857. The van der Waals surface area contributed by atoms with Gasteiger partial charge in [-0.2, -0.15) is 0 Å². The fourth-order valence-electron chi connectivity index (χ4n) is 1.37. The predicted octanol–water partition coefficient (Wildman–Crippen LogP) is -0.709. The second kappa shape index (κ2) is 3.19. The van der Waals surface area contributed by atoms with E-state index in [4.69, 9.17) is 5.11 Å². The van der Waals surface area contributed by atoms with Gasteiger partial charge in [0.15, 0.2) is 0 Å². The molecule has 4 nitrogen and oxygen atoms in total. The van der Waals surface area contributed by atoms with E-state index in [0.29, 0.717) is 12.8 Å². The summed E-state index contributed by atoms with van der Waals surface area (Å²) in [4.78, 5) is 10.9. The highest BCUT2D eigenvalue weighted by molar-refractivity contribution is 5.73. The molecule has 1 rings (SSSR count). The van der Waals surface area contributed by atoms with Crippen molar-refractivity contribution >= 4 is 5.97 Å². The van der Waals surface area contributed by atoms with E-state index in [1.165, 1.54) is 7.11 Å². The summed E-state index contributed by atoms with van der Waals surface area (Å²) in [6.45, 7) is 0. The van der Waals surface area contributed by atoms with Gasteiger partial charge in [0.25, 0.3) is 0 Å². The third-order valence-electron chi connectivity index (χ3n) is 2.08. The van der Waals surface area contributed by atoms with Crippen molar-refractivity contribution in [1.82, 2.24) is 0 Å². The van der Waals surface area contributed by atoms with Crippen molar-refractivity contribution in [1.29, 1.82) is 0 Å². The lowest BCUT2D eigenvalue weighted by Crippen LogP contribution is -2.30. The van der Waals surface area contributed by atoms with E-state index in [1.54, 1.807) is 0 Å². The van der Waals surface area contributed by atoms with Crippen molar-refractivity contribution in [2.75, 3.05) is 7.11 Å². The van der Waals surface area contributed by atoms with Crippen LogP contribution in [0.5, 0.6) is 0 Å². The first-order valence-electron chi connectivity index (χ1n) is 3.60. The molecule has 0 saturated heterocycles. The third-order valence-corrected chi connectivity index (χ3v) is 2.08. The van der Waals surface area contributed by atoms with Crippen LogP contribution in [-0.4, -0.2) is 35.5 Å². The van der Waals surface area contributed by atoms with Crippen LogP contribution in [0.1, 0.15) is 12.8 Å². The summed E-state index contributed by atoms with van der Waals surface area (Å²) in [7, 11) is 1.28. The Hall–Kier alpha value is -0.610. The maximum absolute atomic E-state index is 10.9. The number of hydrogen-bond acceptors (Lipinski definition) is 4. The van der Waals surface area contributed by atoms with Gasteiger partial charge in [-0.25, -0.2) is 0 Å². The van der Waals surface area contributed by atoms with E-state index in [1.807, 2.05) is 0 Å². The van der Waals surface area contributed by atoms with Crippen LogP contribution in [-0.2, 0) is 9.53 Å². The SMILES string of the molecule is COC(=O)[C@@H]1CC[C@H](O)[C@@H]1O. The number of aliphatic hydroxyl groups is 2. The molecule has 0 amide bonds. The first kappa shape index (κ1) is 8.49. The van der Waals surface area contributed by atoms with Crippen LogP contribution in [0.25, 0.3) is 0 Å². The van der Waals surface area contributed by atoms with Gasteiger partial charge in [-0.1, -0.05) is 0 Å². The summed E-state index contributed by atoms with van der Waals surface area (Å²) in [6.07, 6.45) is -0.725. The molecule has 0 bridgehead atoms. The van der Waals surface area contributed by atoms with Crippen LogP contribution in [0.3, 0.4) is 0 Å². The molecule has 1 saturated carbocycles. The van der Waals surface area contributed by atoms with E-state index < -0.39 is 24.1 Å². The molecular weight excluding hydrogens is 148 g/mol. The lowest BCUT2D eigenvalue weighted by Gasteiger charge is -2.13. The molecule has 1 aliphatic carbocycles. The average molecular weight is 160 g/mol. The Balaban J connectivity index is 2.54. The minimum atomic E-state index is -0.942. The molecule has 0 aromatic rings. The highest BCUT2D eigenvalue weighted by Gasteiger charge is 2.38. The van der Waals surface area contributed by atoms with E-state index in [9.17, 15) is 9.90 Å². The van der Waals surface area contributed by atoms with Crippen LogP contribution in [0.4, 0.5) is 0 Å². The Morgan fingerprint density at radius 2 is 2.09 bits per heavy atom. The molecule has 0 spiro atoms. The Kier molecular flexibility index (Phi) is 2.46. The van der Waals surface area contributed by atoms with Gasteiger partial charge in [-0.05, 0) is 12.8 Å². The normalized spacial score (nSPS) is 37.2. The van der Waals surface area contributed by atoms with Crippen molar-refractivity contribution < 1.29 is 19.7 Å². The molecule has 3 atom stereocenters. The molecular formula is C7H12O4. The third kappa shape index (κ3) is 1.52. The smallest absolute Gasteiger partial charge is 0.311 e. The molecule has 11 heavy (non-hydrogen) atoms. The van der Waals surface area contributed by atoms with Crippen molar-refractivity contribution in [3.8, 4) is 0 Å². The van der Waals surface area contributed by atoms with Crippen LogP contribution >= 0.6 is 0 Å². The molecule has 1 fully saturated rings.